The van der Waals surface area contributed by atoms with Crippen molar-refractivity contribution in [2.45, 2.75) is 46.6 Å². The molecule has 1 N–H and O–H groups in total. The minimum Gasteiger partial charge on any atom is -0.454 e. The first-order valence-corrected chi connectivity index (χ1v) is 9.93. The van der Waals surface area contributed by atoms with E-state index in [4.69, 9.17) is 14.0 Å². The number of ether oxygens (including phenoxy) is 2. The standard InChI is InChI=1S/C21H29N3O4/c1-5-24(6-2)11-7-8-14(3)22-21(25)19-15(4)23-28-20(19)16-9-10-17-18(12-16)27-13-26-17/h9-10,12,14H,5-8,11,13H2,1-4H3,(H,22,25)/t14-/m1/s1. The van der Waals surface area contributed by atoms with Crippen LogP contribution in [0.3, 0.4) is 0 Å². The third-order valence-electron chi connectivity index (χ3n) is 5.11. The zero-order valence-electron chi connectivity index (χ0n) is 17.1. The summed E-state index contributed by atoms with van der Waals surface area (Å²) in [5.74, 6) is 1.61. The predicted octanol–water partition coefficient (Wildman–Crippen LogP) is 3.62. The van der Waals surface area contributed by atoms with E-state index < -0.39 is 0 Å². The number of carbonyl (C=O) groups excluding carboxylic acids is 1. The van der Waals surface area contributed by atoms with Gasteiger partial charge in [-0.25, -0.2) is 0 Å². The maximum Gasteiger partial charge on any atom is 0.257 e. The van der Waals surface area contributed by atoms with Crippen LogP contribution in [-0.4, -0.2) is 48.4 Å². The van der Waals surface area contributed by atoms with Gasteiger partial charge in [-0.1, -0.05) is 19.0 Å². The Kier molecular flexibility index (Phi) is 6.57. The van der Waals surface area contributed by atoms with Crippen molar-refractivity contribution < 1.29 is 18.8 Å². The summed E-state index contributed by atoms with van der Waals surface area (Å²) in [6.45, 7) is 11.5. The van der Waals surface area contributed by atoms with Gasteiger partial charge in [0, 0.05) is 11.6 Å². The molecule has 28 heavy (non-hydrogen) atoms. The van der Waals surface area contributed by atoms with Gasteiger partial charge in [0.2, 0.25) is 6.79 Å². The number of carbonyl (C=O) groups is 1. The smallest absolute Gasteiger partial charge is 0.257 e. The zero-order valence-corrected chi connectivity index (χ0v) is 17.1. The number of nitrogens with one attached hydrogen (secondary N) is 1. The number of aromatic nitrogens is 1. The molecular formula is C21H29N3O4. The zero-order chi connectivity index (χ0) is 20.1. The van der Waals surface area contributed by atoms with Crippen LogP contribution < -0.4 is 14.8 Å². The average Bonchev–Trinajstić information content (AvgIpc) is 3.30. The molecule has 0 radical (unpaired) electrons. The molecule has 7 nitrogen and oxygen atoms in total. The van der Waals surface area contributed by atoms with Gasteiger partial charge in [-0.2, -0.15) is 0 Å². The van der Waals surface area contributed by atoms with Crippen LogP contribution in [-0.2, 0) is 0 Å². The van der Waals surface area contributed by atoms with Crippen LogP contribution in [0.4, 0.5) is 0 Å². The molecule has 1 aromatic heterocycles. The monoisotopic (exact) mass is 387 g/mol. The normalized spacial score (nSPS) is 13.8. The Morgan fingerprint density at radius 3 is 2.75 bits per heavy atom. The molecule has 1 aromatic carbocycles. The number of hydrogen-bond acceptors (Lipinski definition) is 6. The van der Waals surface area contributed by atoms with Gasteiger partial charge in [0.1, 0.15) is 5.56 Å². The second-order valence-corrected chi connectivity index (χ2v) is 7.08. The van der Waals surface area contributed by atoms with Gasteiger partial charge in [0.15, 0.2) is 17.3 Å². The molecule has 0 fully saturated rings. The molecular weight excluding hydrogens is 358 g/mol. The van der Waals surface area contributed by atoms with Gasteiger partial charge in [0.25, 0.3) is 5.91 Å². The molecule has 0 unspecified atom stereocenters. The number of rotatable bonds is 9. The number of fused-ring (bicyclic) bond motifs is 1. The Labute approximate surface area is 166 Å². The molecule has 1 aliphatic rings. The molecule has 1 amide bonds. The number of aryl methyl sites for hydroxylation is 1. The molecule has 0 saturated heterocycles. The minimum atomic E-state index is -0.165. The summed E-state index contributed by atoms with van der Waals surface area (Å²) in [5, 5.41) is 7.09. The lowest BCUT2D eigenvalue weighted by molar-refractivity contribution is 0.0937. The van der Waals surface area contributed by atoms with Gasteiger partial charge in [-0.15, -0.1) is 0 Å². The molecule has 7 heteroatoms. The van der Waals surface area contributed by atoms with Crippen molar-refractivity contribution in [1.82, 2.24) is 15.4 Å². The van der Waals surface area contributed by atoms with Crippen LogP contribution in [0.1, 0.15) is 49.7 Å². The van der Waals surface area contributed by atoms with Crippen molar-refractivity contribution in [1.29, 1.82) is 0 Å². The van der Waals surface area contributed by atoms with Crippen molar-refractivity contribution in [3.05, 3.63) is 29.5 Å². The van der Waals surface area contributed by atoms with Crippen molar-refractivity contribution in [2.24, 2.45) is 0 Å². The van der Waals surface area contributed by atoms with E-state index in [1.807, 2.05) is 25.1 Å². The number of benzene rings is 1. The molecule has 0 bridgehead atoms. The molecule has 152 valence electrons. The van der Waals surface area contributed by atoms with E-state index in [-0.39, 0.29) is 18.7 Å². The first kappa shape index (κ1) is 20.2. The van der Waals surface area contributed by atoms with E-state index in [9.17, 15) is 4.79 Å². The maximum absolute atomic E-state index is 12.9. The highest BCUT2D eigenvalue weighted by atomic mass is 16.7. The summed E-state index contributed by atoms with van der Waals surface area (Å²) in [6, 6.07) is 5.54. The topological polar surface area (TPSA) is 76.8 Å². The van der Waals surface area contributed by atoms with Crippen LogP contribution in [0.25, 0.3) is 11.3 Å². The summed E-state index contributed by atoms with van der Waals surface area (Å²) in [7, 11) is 0. The summed E-state index contributed by atoms with van der Waals surface area (Å²) in [5.41, 5.74) is 1.78. The lowest BCUT2D eigenvalue weighted by atomic mass is 10.0. The van der Waals surface area contributed by atoms with Crippen LogP contribution in [0.5, 0.6) is 11.5 Å². The molecule has 0 spiro atoms. The summed E-state index contributed by atoms with van der Waals surface area (Å²) in [6.07, 6.45) is 1.96. The van der Waals surface area contributed by atoms with Crippen LogP contribution in [0, 0.1) is 6.92 Å². The summed E-state index contributed by atoms with van der Waals surface area (Å²) in [4.78, 5) is 15.3. The molecule has 1 aliphatic heterocycles. The van der Waals surface area contributed by atoms with Crippen molar-refractivity contribution in [2.75, 3.05) is 26.4 Å². The molecule has 0 saturated carbocycles. The van der Waals surface area contributed by atoms with Crippen molar-refractivity contribution in [3.8, 4) is 22.8 Å². The fourth-order valence-corrected chi connectivity index (χ4v) is 3.40. The largest absolute Gasteiger partial charge is 0.454 e. The van der Waals surface area contributed by atoms with Crippen molar-refractivity contribution in [3.63, 3.8) is 0 Å². The van der Waals surface area contributed by atoms with E-state index in [0.717, 1.165) is 38.0 Å². The molecule has 3 rings (SSSR count). The fraction of sp³-hybridized carbons (Fsp3) is 0.524. The Bertz CT molecular complexity index is 814. The number of amides is 1. The quantitative estimate of drug-likeness (QED) is 0.708. The lowest BCUT2D eigenvalue weighted by Gasteiger charge is -2.19. The van der Waals surface area contributed by atoms with Crippen LogP contribution in [0.15, 0.2) is 22.7 Å². The van der Waals surface area contributed by atoms with E-state index in [0.29, 0.717) is 28.5 Å². The van der Waals surface area contributed by atoms with Gasteiger partial charge >= 0.3 is 0 Å². The van der Waals surface area contributed by atoms with Gasteiger partial charge in [-0.3, -0.25) is 4.79 Å². The van der Waals surface area contributed by atoms with E-state index in [1.165, 1.54) is 0 Å². The first-order chi connectivity index (χ1) is 13.5. The Morgan fingerprint density at radius 1 is 1.25 bits per heavy atom. The second kappa shape index (κ2) is 9.10. The van der Waals surface area contributed by atoms with Crippen molar-refractivity contribution >= 4 is 5.91 Å². The SMILES string of the molecule is CCN(CC)CCC[C@@H](C)NC(=O)c1c(C)noc1-c1ccc2c(c1)OCO2. The van der Waals surface area contributed by atoms with Gasteiger partial charge in [0.05, 0.1) is 5.69 Å². The summed E-state index contributed by atoms with van der Waals surface area (Å²) >= 11 is 0. The highest BCUT2D eigenvalue weighted by Crippen LogP contribution is 2.37. The highest BCUT2D eigenvalue weighted by Gasteiger charge is 2.24. The predicted molar refractivity (Wildman–Crippen MR) is 107 cm³/mol. The van der Waals surface area contributed by atoms with Crippen LogP contribution >= 0.6 is 0 Å². The highest BCUT2D eigenvalue weighted by molar-refractivity contribution is 6.00. The average molecular weight is 387 g/mol. The molecule has 2 heterocycles. The minimum absolute atomic E-state index is 0.0713. The Morgan fingerprint density at radius 2 is 2.00 bits per heavy atom. The van der Waals surface area contributed by atoms with Crippen LogP contribution in [0.2, 0.25) is 0 Å². The van der Waals surface area contributed by atoms with E-state index in [1.54, 1.807) is 6.92 Å². The molecule has 0 aliphatic carbocycles. The second-order valence-electron chi connectivity index (χ2n) is 7.08. The van der Waals surface area contributed by atoms with E-state index in [2.05, 4.69) is 29.2 Å². The van der Waals surface area contributed by atoms with Gasteiger partial charge < -0.3 is 24.2 Å². The summed E-state index contributed by atoms with van der Waals surface area (Å²) < 4.78 is 16.2. The molecule has 1 atom stereocenters. The lowest BCUT2D eigenvalue weighted by Crippen LogP contribution is -2.34. The third kappa shape index (κ3) is 4.47. The Balaban J connectivity index is 1.67. The van der Waals surface area contributed by atoms with Gasteiger partial charge in [-0.05, 0) is 64.5 Å². The fourth-order valence-electron chi connectivity index (χ4n) is 3.40. The maximum atomic E-state index is 12.9. The Hall–Kier alpha value is -2.54. The number of nitrogens with zero attached hydrogens (tertiary/aromatic N) is 2. The number of hydrogen-bond donors (Lipinski definition) is 1. The third-order valence-corrected chi connectivity index (χ3v) is 5.11. The first-order valence-electron chi connectivity index (χ1n) is 9.93. The van der Waals surface area contributed by atoms with E-state index >= 15 is 0 Å². The molecule has 2 aromatic rings.